The molecule has 0 saturated heterocycles. The maximum atomic E-state index is 14.4. The van der Waals surface area contributed by atoms with Crippen LogP contribution in [0, 0.1) is 21.6 Å². The number of fused-ring (bicyclic) bond motifs is 1. The van der Waals surface area contributed by atoms with Crippen LogP contribution in [-0.2, 0) is 30.5 Å². The molecular formula is C46H57N21O6. The fourth-order valence-corrected chi connectivity index (χ4v) is 7.00. The standard InChI is InChI=1S/C46H57N21O6/c47-32-28-12-7-21-57-29(28)19-20-30(32)67(23-26-17-15-25(16-18-26)14-13-24-8-3-1-4-9-24)31(68)22-58-33(27-10-5-2-6-11-27)39(70)60-36(64-44(51)52)41(72)62-38(66-46(55)56)42(73)61-37(65-45(53)54)40(71)59-35(34(48)69)63-43(49)50/h1-21,31,33,35-38,58,68H,22-23,47H2,(H2,48,69)(H,59,71)(H,60,70)(H,61,73)(H,62,72)(H4,49,50,63)(H4,51,52,64)(H4,53,54,65)(H4,55,56,66)/b14-13+. The number of nitrogen functional groups attached to an aromatic ring is 1. The number of primary amides is 1. The number of hydrogen-bond acceptors (Lipinski definition) is 14. The van der Waals surface area contributed by atoms with Gasteiger partial charge in [-0.3, -0.25) is 55.9 Å². The first kappa shape index (κ1) is 53.9. The van der Waals surface area contributed by atoms with Crippen molar-refractivity contribution in [3.05, 3.63) is 138 Å². The van der Waals surface area contributed by atoms with Gasteiger partial charge in [0.05, 0.1) is 16.9 Å². The average Bonchev–Trinajstić information content (AvgIpc) is 3.35. The van der Waals surface area contributed by atoms with Crippen molar-refractivity contribution in [1.29, 1.82) is 21.6 Å². The van der Waals surface area contributed by atoms with E-state index in [2.05, 4.69) is 47.5 Å². The lowest BCUT2D eigenvalue weighted by molar-refractivity contribution is -0.135. The molecule has 27 nitrogen and oxygen atoms in total. The van der Waals surface area contributed by atoms with Crippen LogP contribution in [0.4, 0.5) is 11.4 Å². The summed E-state index contributed by atoms with van der Waals surface area (Å²) in [7, 11) is 0. The van der Waals surface area contributed by atoms with Crippen molar-refractivity contribution in [3.8, 4) is 0 Å². The Morgan fingerprint density at radius 1 is 0.562 bits per heavy atom. The molecule has 1 aromatic heterocycles. The van der Waals surface area contributed by atoms with Gasteiger partial charge in [0.2, 0.25) is 5.91 Å². The minimum atomic E-state index is -2.03. The number of aliphatic hydroxyl groups is 1. The molecule has 0 aliphatic carbocycles. The first-order valence-electron chi connectivity index (χ1n) is 21.9. The zero-order chi connectivity index (χ0) is 53.2. The van der Waals surface area contributed by atoms with Gasteiger partial charge in [-0.25, -0.2) is 0 Å². The Morgan fingerprint density at radius 2 is 1.03 bits per heavy atom. The van der Waals surface area contributed by atoms with Gasteiger partial charge in [-0.1, -0.05) is 97.1 Å². The van der Waals surface area contributed by atoms with Crippen LogP contribution < -0.4 is 87.2 Å². The van der Waals surface area contributed by atoms with Crippen LogP contribution in [0.25, 0.3) is 23.1 Å². The Hall–Kier alpha value is -10.0. The molecule has 0 aliphatic heterocycles. The number of hydrogen-bond donors (Lipinski definition) is 20. The molecule has 6 unspecified atom stereocenters. The molecule has 0 radical (unpaired) electrons. The summed E-state index contributed by atoms with van der Waals surface area (Å²) in [4.78, 5) is 72.9. The van der Waals surface area contributed by atoms with Gasteiger partial charge in [-0.15, -0.1) is 0 Å². The summed E-state index contributed by atoms with van der Waals surface area (Å²) in [5.41, 5.74) is 38.4. The molecular weight excluding hydrogens is 943 g/mol. The van der Waals surface area contributed by atoms with E-state index >= 15 is 0 Å². The van der Waals surface area contributed by atoms with Crippen LogP contribution in [0.2, 0.25) is 0 Å². The Bertz CT molecular complexity index is 2840. The van der Waals surface area contributed by atoms with E-state index in [1.807, 2.05) is 72.1 Å². The van der Waals surface area contributed by atoms with Gasteiger partial charge in [0, 0.05) is 24.7 Å². The van der Waals surface area contributed by atoms with Crippen molar-refractivity contribution in [2.24, 2.45) is 28.7 Å². The fraction of sp³-hybridized carbons (Fsp3) is 0.174. The maximum Gasteiger partial charge on any atom is 0.265 e. The zero-order valence-electron chi connectivity index (χ0n) is 38.8. The van der Waals surface area contributed by atoms with E-state index < -0.39 is 90.3 Å². The van der Waals surface area contributed by atoms with Gasteiger partial charge in [0.15, 0.2) is 48.5 Å². The lowest BCUT2D eigenvalue weighted by Gasteiger charge is -2.33. The highest BCUT2D eigenvalue weighted by Crippen LogP contribution is 2.33. The molecule has 0 saturated carbocycles. The summed E-state index contributed by atoms with van der Waals surface area (Å²) in [6, 6.07) is 31.5. The van der Waals surface area contributed by atoms with Crippen molar-refractivity contribution < 1.29 is 29.1 Å². The number of aliphatic hydroxyl groups excluding tert-OH is 1. The number of rotatable bonds is 23. The first-order chi connectivity index (χ1) is 34.8. The van der Waals surface area contributed by atoms with Crippen molar-refractivity contribution >= 4 is 87.8 Å². The van der Waals surface area contributed by atoms with Gasteiger partial charge < -0.3 is 86.9 Å². The molecule has 0 aliphatic rings. The molecule has 0 spiro atoms. The molecule has 5 rings (SSSR count). The third kappa shape index (κ3) is 16.0. The highest BCUT2D eigenvalue weighted by atomic mass is 16.3. The SMILES string of the molecule is N=C(N)NC(NC(=O)C(NC(=N)N)NC(=O)C(NC(=N)N)NC(=O)C(NC(=N)N)NC(=O)C(NCC(O)N(Cc1ccc(/C=C/c2ccccc2)cc1)c1ccc2ncccc2c1N)c1ccccc1)C(N)=O. The highest BCUT2D eigenvalue weighted by Gasteiger charge is 2.34. The van der Waals surface area contributed by atoms with Crippen LogP contribution in [-0.4, -0.2) is 101 Å². The summed E-state index contributed by atoms with van der Waals surface area (Å²) in [6.07, 6.45) is -3.48. The number of benzene rings is 4. The van der Waals surface area contributed by atoms with E-state index in [1.165, 1.54) is 0 Å². The predicted molar refractivity (Wildman–Crippen MR) is 274 cm³/mol. The van der Waals surface area contributed by atoms with Crippen LogP contribution in [0.1, 0.15) is 28.3 Å². The second-order valence-corrected chi connectivity index (χ2v) is 15.8. The number of carbonyl (C=O) groups is 5. The Balaban J connectivity index is 1.38. The lowest BCUT2D eigenvalue weighted by Crippen LogP contribution is -2.68. The van der Waals surface area contributed by atoms with Crippen molar-refractivity contribution in [3.63, 3.8) is 0 Å². The normalized spacial score (nSPS) is 13.3. The van der Waals surface area contributed by atoms with Gasteiger partial charge in [-0.05, 0) is 46.5 Å². The molecule has 6 atom stereocenters. The molecule has 382 valence electrons. The smallest absolute Gasteiger partial charge is 0.265 e. The third-order valence-corrected chi connectivity index (χ3v) is 10.4. The highest BCUT2D eigenvalue weighted by molar-refractivity contribution is 6.00. The van der Waals surface area contributed by atoms with Crippen molar-refractivity contribution in [2.75, 3.05) is 17.2 Å². The second kappa shape index (κ2) is 25.5. The molecule has 5 amide bonds. The number of amides is 5. The number of nitrogens with zero attached hydrogens (tertiary/aromatic N) is 2. The van der Waals surface area contributed by atoms with E-state index in [0.717, 1.165) is 16.7 Å². The van der Waals surface area contributed by atoms with Crippen molar-refractivity contribution in [1.82, 2.24) is 52.8 Å². The molecule has 1 heterocycles. The van der Waals surface area contributed by atoms with Crippen LogP contribution in [0.5, 0.6) is 0 Å². The number of carbonyl (C=O) groups excluding carboxylic acids is 5. The zero-order valence-corrected chi connectivity index (χ0v) is 38.8. The van der Waals surface area contributed by atoms with E-state index in [9.17, 15) is 29.1 Å². The summed E-state index contributed by atoms with van der Waals surface area (Å²) >= 11 is 0. The Kier molecular flexibility index (Phi) is 18.9. The number of pyridine rings is 1. The Labute approximate surface area is 417 Å². The molecule has 73 heavy (non-hydrogen) atoms. The first-order valence-corrected chi connectivity index (χ1v) is 21.9. The monoisotopic (exact) mass is 999 g/mol. The number of anilines is 2. The largest absolute Gasteiger partial charge is 0.396 e. The van der Waals surface area contributed by atoms with E-state index in [-0.39, 0.29) is 13.1 Å². The lowest BCUT2D eigenvalue weighted by atomic mass is 10.1. The molecule has 27 heteroatoms. The van der Waals surface area contributed by atoms with Gasteiger partial charge in [0.1, 0.15) is 12.3 Å². The van der Waals surface area contributed by atoms with Crippen molar-refractivity contribution in [2.45, 2.75) is 43.5 Å². The number of nitrogens with one attached hydrogen (secondary N) is 13. The predicted octanol–water partition coefficient (Wildman–Crippen LogP) is -3.17. The van der Waals surface area contributed by atoms with Crippen LogP contribution >= 0.6 is 0 Å². The minimum Gasteiger partial charge on any atom is -0.396 e. The van der Waals surface area contributed by atoms with Gasteiger partial charge in [-0.2, -0.15) is 0 Å². The topological polar surface area (TPSA) is 481 Å². The number of nitrogens with two attached hydrogens (primary N) is 6. The Morgan fingerprint density at radius 3 is 1.53 bits per heavy atom. The van der Waals surface area contributed by atoms with Crippen LogP contribution in [0.3, 0.4) is 0 Å². The summed E-state index contributed by atoms with van der Waals surface area (Å²) in [6.45, 7) is -0.135. The van der Waals surface area contributed by atoms with Gasteiger partial charge >= 0.3 is 0 Å². The summed E-state index contributed by atoms with van der Waals surface area (Å²) < 4.78 is 0. The molecule has 26 N–H and O–H groups in total. The summed E-state index contributed by atoms with van der Waals surface area (Å²) in [5.74, 6) is -9.26. The number of aromatic nitrogens is 1. The van der Waals surface area contributed by atoms with E-state index in [0.29, 0.717) is 27.8 Å². The van der Waals surface area contributed by atoms with Gasteiger partial charge in [0.25, 0.3) is 23.6 Å². The van der Waals surface area contributed by atoms with Crippen LogP contribution in [0.15, 0.2) is 115 Å². The second-order valence-electron chi connectivity index (χ2n) is 15.8. The molecule has 0 bridgehead atoms. The average molecular weight is 1000 g/mol. The summed E-state index contributed by atoms with van der Waals surface area (Å²) in [5, 5.41) is 63.9. The molecule has 0 fully saturated rings. The third-order valence-electron chi connectivity index (χ3n) is 10.4. The quantitative estimate of drug-likeness (QED) is 0.0101. The van der Waals surface area contributed by atoms with E-state index in [1.54, 1.807) is 65.7 Å². The fourth-order valence-electron chi connectivity index (χ4n) is 7.00. The molecule has 5 aromatic rings. The van der Waals surface area contributed by atoms with E-state index in [4.69, 9.17) is 56.0 Å². The maximum absolute atomic E-state index is 14.4. The number of guanidine groups is 4. The molecule has 4 aromatic carbocycles. The minimum absolute atomic E-state index is 0.152.